The van der Waals surface area contributed by atoms with E-state index >= 15 is 0 Å². The fraction of sp³-hybridized carbons (Fsp3) is 0.250. The van der Waals surface area contributed by atoms with Crippen LogP contribution in [0.15, 0.2) is 48.8 Å². The molecular weight excluding hydrogens is 266 g/mol. The summed E-state index contributed by atoms with van der Waals surface area (Å²) in [5.41, 5.74) is 1.44. The summed E-state index contributed by atoms with van der Waals surface area (Å²) in [4.78, 5) is 15.9. The third kappa shape index (κ3) is 4.89. The minimum Gasteiger partial charge on any atom is -0.507 e. The van der Waals surface area contributed by atoms with Crippen LogP contribution in [-0.4, -0.2) is 29.1 Å². The molecule has 2 rings (SSSR count). The molecule has 5 heteroatoms. The summed E-state index contributed by atoms with van der Waals surface area (Å²) in [6, 6.07) is 10.4. The maximum atomic E-state index is 11.8. The first-order chi connectivity index (χ1) is 10.3. The molecule has 1 heterocycles. The number of hydrogen-bond donors (Lipinski definition) is 3. The summed E-state index contributed by atoms with van der Waals surface area (Å²) in [7, 11) is 0. The number of hydrogen-bond acceptors (Lipinski definition) is 4. The molecular formula is C16H19N3O2. The Labute approximate surface area is 124 Å². The Balaban J connectivity index is 1.62. The van der Waals surface area contributed by atoms with Crippen molar-refractivity contribution >= 4 is 5.91 Å². The van der Waals surface area contributed by atoms with Gasteiger partial charge in [-0.25, -0.2) is 0 Å². The van der Waals surface area contributed by atoms with Gasteiger partial charge in [-0.2, -0.15) is 0 Å². The maximum absolute atomic E-state index is 11.8. The second kappa shape index (κ2) is 8.01. The first kappa shape index (κ1) is 15.0. The lowest BCUT2D eigenvalue weighted by Crippen LogP contribution is -2.27. The van der Waals surface area contributed by atoms with Crippen LogP contribution in [0, 0.1) is 0 Å². The molecule has 0 aliphatic carbocycles. The molecule has 0 radical (unpaired) electrons. The molecule has 0 aliphatic rings. The van der Waals surface area contributed by atoms with Crippen molar-refractivity contribution in [2.75, 3.05) is 13.1 Å². The van der Waals surface area contributed by atoms with E-state index in [4.69, 9.17) is 0 Å². The molecule has 0 bridgehead atoms. The van der Waals surface area contributed by atoms with Gasteiger partial charge >= 0.3 is 0 Å². The standard InChI is InChI=1S/C16H19N3O2/c20-15-7-2-1-6-14(15)16(21)19-10-4-9-18-12-13-5-3-8-17-11-13/h1-3,5-8,11,18,20H,4,9-10,12H2,(H,19,21). The summed E-state index contributed by atoms with van der Waals surface area (Å²) >= 11 is 0. The van der Waals surface area contributed by atoms with Crippen LogP contribution < -0.4 is 10.6 Å². The highest BCUT2D eigenvalue weighted by Crippen LogP contribution is 2.14. The SMILES string of the molecule is O=C(NCCCNCc1cccnc1)c1ccccc1O. The van der Waals surface area contributed by atoms with Crippen LogP contribution in [0.2, 0.25) is 0 Å². The van der Waals surface area contributed by atoms with Crippen molar-refractivity contribution in [2.45, 2.75) is 13.0 Å². The molecule has 2 aromatic rings. The number of nitrogens with one attached hydrogen (secondary N) is 2. The van der Waals surface area contributed by atoms with E-state index in [2.05, 4.69) is 15.6 Å². The molecule has 0 unspecified atom stereocenters. The predicted molar refractivity (Wildman–Crippen MR) is 81.0 cm³/mol. The molecule has 21 heavy (non-hydrogen) atoms. The summed E-state index contributed by atoms with van der Waals surface area (Å²) in [6.45, 7) is 2.13. The zero-order valence-electron chi connectivity index (χ0n) is 11.7. The molecule has 0 atom stereocenters. The number of aromatic nitrogens is 1. The molecule has 0 saturated heterocycles. The molecule has 0 aliphatic heterocycles. The number of nitrogens with zero attached hydrogens (tertiary/aromatic N) is 1. The first-order valence-electron chi connectivity index (χ1n) is 6.93. The Bertz CT molecular complexity index is 573. The number of phenols is 1. The Kier molecular flexibility index (Phi) is 5.72. The van der Waals surface area contributed by atoms with E-state index in [1.165, 1.54) is 6.07 Å². The first-order valence-corrected chi connectivity index (χ1v) is 6.93. The van der Waals surface area contributed by atoms with E-state index in [9.17, 15) is 9.90 Å². The molecule has 0 saturated carbocycles. The highest BCUT2D eigenvalue weighted by molar-refractivity contribution is 5.96. The summed E-state index contributed by atoms with van der Waals surface area (Å²) in [5, 5.41) is 15.6. The van der Waals surface area contributed by atoms with Crippen molar-refractivity contribution in [3.63, 3.8) is 0 Å². The van der Waals surface area contributed by atoms with Crippen LogP contribution in [0.1, 0.15) is 22.3 Å². The molecule has 0 fully saturated rings. The Morgan fingerprint density at radius 3 is 2.76 bits per heavy atom. The lowest BCUT2D eigenvalue weighted by molar-refractivity contribution is 0.0950. The van der Waals surface area contributed by atoms with Gasteiger partial charge in [-0.05, 0) is 36.7 Å². The lowest BCUT2D eigenvalue weighted by atomic mass is 10.2. The molecule has 1 aromatic carbocycles. The predicted octanol–water partition coefficient (Wildman–Crippen LogP) is 1.70. The Morgan fingerprint density at radius 1 is 1.14 bits per heavy atom. The van der Waals surface area contributed by atoms with Gasteiger partial charge < -0.3 is 15.7 Å². The zero-order valence-corrected chi connectivity index (χ0v) is 11.7. The van der Waals surface area contributed by atoms with Gasteiger partial charge in [-0.1, -0.05) is 18.2 Å². The minimum absolute atomic E-state index is 0.00435. The number of carbonyl (C=O) groups is 1. The number of para-hydroxylation sites is 1. The Hall–Kier alpha value is -2.40. The summed E-state index contributed by atoms with van der Waals surface area (Å²) < 4.78 is 0. The van der Waals surface area contributed by atoms with Crippen LogP contribution in [0.4, 0.5) is 0 Å². The Morgan fingerprint density at radius 2 is 2.00 bits per heavy atom. The fourth-order valence-corrected chi connectivity index (χ4v) is 1.91. The monoisotopic (exact) mass is 285 g/mol. The number of aromatic hydroxyl groups is 1. The van der Waals surface area contributed by atoms with E-state index in [1.54, 1.807) is 24.4 Å². The van der Waals surface area contributed by atoms with E-state index in [-0.39, 0.29) is 11.7 Å². The van der Waals surface area contributed by atoms with Gasteiger partial charge in [0.1, 0.15) is 5.75 Å². The second-order valence-electron chi connectivity index (χ2n) is 4.66. The van der Waals surface area contributed by atoms with Crippen molar-refractivity contribution in [1.29, 1.82) is 0 Å². The van der Waals surface area contributed by atoms with Crippen LogP contribution in [0.3, 0.4) is 0 Å². The number of carbonyl (C=O) groups excluding carboxylic acids is 1. The summed E-state index contributed by atoms with van der Waals surface area (Å²) in [6.07, 6.45) is 4.39. The molecule has 0 spiro atoms. The smallest absolute Gasteiger partial charge is 0.255 e. The summed E-state index contributed by atoms with van der Waals surface area (Å²) in [5.74, 6) is -0.245. The van der Waals surface area contributed by atoms with Gasteiger partial charge in [0.15, 0.2) is 0 Å². The molecule has 1 aromatic heterocycles. The fourth-order valence-electron chi connectivity index (χ4n) is 1.91. The van der Waals surface area contributed by atoms with E-state index in [0.29, 0.717) is 12.1 Å². The number of pyridine rings is 1. The van der Waals surface area contributed by atoms with Crippen molar-refractivity contribution in [2.24, 2.45) is 0 Å². The molecule has 5 nitrogen and oxygen atoms in total. The van der Waals surface area contributed by atoms with Crippen molar-refractivity contribution in [3.05, 3.63) is 59.9 Å². The van der Waals surface area contributed by atoms with Crippen LogP contribution in [0.5, 0.6) is 5.75 Å². The second-order valence-corrected chi connectivity index (χ2v) is 4.66. The highest BCUT2D eigenvalue weighted by Gasteiger charge is 2.08. The normalized spacial score (nSPS) is 10.3. The van der Waals surface area contributed by atoms with Crippen molar-refractivity contribution in [3.8, 4) is 5.75 Å². The van der Waals surface area contributed by atoms with Crippen molar-refractivity contribution in [1.82, 2.24) is 15.6 Å². The zero-order chi connectivity index (χ0) is 14.9. The molecule has 1 amide bonds. The van der Waals surface area contributed by atoms with Crippen molar-refractivity contribution < 1.29 is 9.90 Å². The van der Waals surface area contributed by atoms with Gasteiger partial charge in [-0.3, -0.25) is 9.78 Å². The maximum Gasteiger partial charge on any atom is 0.255 e. The number of rotatable bonds is 7. The average molecular weight is 285 g/mol. The number of benzene rings is 1. The van der Waals surface area contributed by atoms with E-state index < -0.39 is 0 Å². The third-order valence-electron chi connectivity index (χ3n) is 3.02. The topological polar surface area (TPSA) is 74.2 Å². The highest BCUT2D eigenvalue weighted by atomic mass is 16.3. The van der Waals surface area contributed by atoms with Gasteiger partial charge in [0.05, 0.1) is 5.56 Å². The number of phenolic OH excluding ortho intramolecular Hbond substituents is 1. The molecule has 3 N–H and O–H groups in total. The third-order valence-corrected chi connectivity index (χ3v) is 3.02. The average Bonchev–Trinajstić information content (AvgIpc) is 2.52. The van der Waals surface area contributed by atoms with Gasteiger partial charge in [0.2, 0.25) is 0 Å². The van der Waals surface area contributed by atoms with Crippen LogP contribution >= 0.6 is 0 Å². The van der Waals surface area contributed by atoms with E-state index in [1.807, 2.05) is 18.3 Å². The quantitative estimate of drug-likeness (QED) is 0.677. The van der Waals surface area contributed by atoms with Gasteiger partial charge in [0, 0.05) is 25.5 Å². The van der Waals surface area contributed by atoms with E-state index in [0.717, 1.165) is 25.1 Å². The lowest BCUT2D eigenvalue weighted by Gasteiger charge is -2.07. The van der Waals surface area contributed by atoms with Crippen LogP contribution in [0.25, 0.3) is 0 Å². The number of amides is 1. The van der Waals surface area contributed by atoms with Gasteiger partial charge in [0.25, 0.3) is 5.91 Å². The minimum atomic E-state index is -0.250. The molecule has 110 valence electrons. The van der Waals surface area contributed by atoms with Crippen LogP contribution in [-0.2, 0) is 6.54 Å². The van der Waals surface area contributed by atoms with Gasteiger partial charge in [-0.15, -0.1) is 0 Å². The largest absolute Gasteiger partial charge is 0.507 e.